The van der Waals surface area contributed by atoms with Crippen molar-refractivity contribution >= 4 is 28.9 Å². The molecule has 2 heterocycles. The Kier molecular flexibility index (Phi) is 8.80. The van der Waals surface area contributed by atoms with Gasteiger partial charge in [0.25, 0.3) is 0 Å². The molecule has 0 radical (unpaired) electrons. The number of hydrogen-bond acceptors (Lipinski definition) is 5. The first-order valence-electron chi connectivity index (χ1n) is 13.6. The van der Waals surface area contributed by atoms with Crippen molar-refractivity contribution in [2.45, 2.75) is 104 Å². The molecule has 4 rings (SSSR count). The number of thiophene rings is 1. The summed E-state index contributed by atoms with van der Waals surface area (Å²) in [6.45, 7) is 9.77. The van der Waals surface area contributed by atoms with Gasteiger partial charge in [-0.25, -0.2) is 4.79 Å². The summed E-state index contributed by atoms with van der Waals surface area (Å²) in [6.07, 6.45) is 8.50. The standard InChI is InChI=1S/C29H41NO5S/c1-19-5-7-20(8-6-19)27(31)30(21-9-11-22(12-10-21)35-23-14-16-34-18-23)25-17-24(13-15-29(2,3)4)36-26(25)28(32)33/h17,19-23H,5-12,14,16,18H2,1-4H3,(H,32,33)/t19-,20-,21-,22-,23-/m0/s1. The largest absolute Gasteiger partial charge is 0.477 e. The molecule has 1 atom stereocenters. The number of hydrogen-bond donors (Lipinski definition) is 1. The zero-order valence-electron chi connectivity index (χ0n) is 22.2. The number of anilines is 1. The van der Waals surface area contributed by atoms with E-state index >= 15 is 0 Å². The average Bonchev–Trinajstić information content (AvgIpc) is 3.49. The molecular formula is C29H41NO5S. The molecule has 2 aliphatic carbocycles. The number of carbonyl (C=O) groups is 2. The van der Waals surface area contributed by atoms with E-state index in [9.17, 15) is 14.7 Å². The summed E-state index contributed by atoms with van der Waals surface area (Å²) in [5.74, 6) is 6.07. The highest BCUT2D eigenvalue weighted by Crippen LogP contribution is 2.39. The summed E-state index contributed by atoms with van der Waals surface area (Å²) < 4.78 is 11.7. The maximum Gasteiger partial charge on any atom is 0.348 e. The minimum absolute atomic E-state index is 0.0207. The van der Waals surface area contributed by atoms with Gasteiger partial charge in [-0.1, -0.05) is 18.8 Å². The Morgan fingerprint density at radius 3 is 2.33 bits per heavy atom. The molecule has 1 aliphatic heterocycles. The summed E-state index contributed by atoms with van der Waals surface area (Å²) in [5, 5.41) is 10.1. The fourth-order valence-corrected chi connectivity index (χ4v) is 6.40. The SMILES string of the molecule is CC(C)(C)C#Cc1cc(N(C(=O)[C@H]2CC[C@H](C)CC2)[C@H]2CC[C@H](O[C@H]3CCOC3)CC2)c(C(=O)O)s1. The van der Waals surface area contributed by atoms with Crippen LogP contribution in [-0.4, -0.2) is 48.4 Å². The Balaban J connectivity index is 1.60. The third-order valence-electron chi connectivity index (χ3n) is 7.61. The van der Waals surface area contributed by atoms with E-state index in [-0.39, 0.29) is 40.4 Å². The number of carbonyl (C=O) groups excluding carboxylic acids is 1. The van der Waals surface area contributed by atoms with Gasteiger partial charge < -0.3 is 19.5 Å². The normalized spacial score (nSPS) is 28.8. The first-order chi connectivity index (χ1) is 17.1. The molecule has 1 saturated heterocycles. The third kappa shape index (κ3) is 6.90. The minimum atomic E-state index is -0.993. The highest BCUT2D eigenvalue weighted by atomic mass is 32.1. The summed E-state index contributed by atoms with van der Waals surface area (Å²) in [7, 11) is 0. The Morgan fingerprint density at radius 2 is 1.75 bits per heavy atom. The molecule has 7 heteroatoms. The van der Waals surface area contributed by atoms with Gasteiger partial charge in [0.15, 0.2) is 0 Å². The zero-order valence-corrected chi connectivity index (χ0v) is 23.0. The fourth-order valence-electron chi connectivity index (χ4n) is 5.56. The van der Waals surface area contributed by atoms with Gasteiger partial charge in [-0.3, -0.25) is 4.79 Å². The zero-order chi connectivity index (χ0) is 25.9. The minimum Gasteiger partial charge on any atom is -0.477 e. The molecule has 6 nitrogen and oxygen atoms in total. The topological polar surface area (TPSA) is 76.1 Å². The second kappa shape index (κ2) is 11.7. The van der Waals surface area contributed by atoms with Crippen LogP contribution in [0.25, 0.3) is 0 Å². The maximum atomic E-state index is 14.0. The van der Waals surface area contributed by atoms with Gasteiger partial charge in [-0.05, 0) is 90.5 Å². The number of ether oxygens (including phenoxy) is 2. The summed E-state index contributed by atoms with van der Waals surface area (Å²) in [5.41, 5.74) is 0.341. The molecular weight excluding hydrogens is 474 g/mol. The van der Waals surface area contributed by atoms with Crippen LogP contribution in [0, 0.1) is 29.1 Å². The Bertz CT molecular complexity index is 978. The molecule has 36 heavy (non-hydrogen) atoms. The quantitative estimate of drug-likeness (QED) is 0.462. The summed E-state index contributed by atoms with van der Waals surface area (Å²) >= 11 is 1.18. The van der Waals surface area contributed by atoms with Crippen molar-refractivity contribution in [1.82, 2.24) is 0 Å². The smallest absolute Gasteiger partial charge is 0.348 e. The molecule has 1 N–H and O–H groups in total. The van der Waals surface area contributed by atoms with Crippen molar-refractivity contribution in [2.75, 3.05) is 18.1 Å². The van der Waals surface area contributed by atoms with Crippen LogP contribution in [0.5, 0.6) is 0 Å². The van der Waals surface area contributed by atoms with Crippen LogP contribution < -0.4 is 4.90 Å². The van der Waals surface area contributed by atoms with Crippen LogP contribution >= 0.6 is 11.3 Å². The number of carboxylic acid groups (broad SMARTS) is 1. The van der Waals surface area contributed by atoms with Gasteiger partial charge in [-0.15, -0.1) is 11.3 Å². The van der Waals surface area contributed by atoms with Gasteiger partial charge in [-0.2, -0.15) is 0 Å². The van der Waals surface area contributed by atoms with Crippen molar-refractivity contribution in [3.05, 3.63) is 15.8 Å². The predicted octanol–water partition coefficient (Wildman–Crippen LogP) is 6.12. The van der Waals surface area contributed by atoms with Gasteiger partial charge in [0.05, 0.1) is 29.4 Å². The first kappa shape index (κ1) is 27.2. The van der Waals surface area contributed by atoms with E-state index in [4.69, 9.17) is 9.47 Å². The van der Waals surface area contributed by atoms with Crippen LogP contribution in [0.3, 0.4) is 0 Å². The third-order valence-corrected chi connectivity index (χ3v) is 8.64. The van der Waals surface area contributed by atoms with Crippen LogP contribution in [0.15, 0.2) is 6.07 Å². The molecule has 1 aromatic rings. The second-order valence-corrected chi connectivity index (χ2v) is 12.9. The van der Waals surface area contributed by atoms with E-state index in [0.717, 1.165) is 64.4 Å². The van der Waals surface area contributed by atoms with Crippen LogP contribution in [0.2, 0.25) is 0 Å². The summed E-state index contributed by atoms with van der Waals surface area (Å²) in [4.78, 5) is 29.1. The van der Waals surface area contributed by atoms with Gasteiger partial charge >= 0.3 is 5.97 Å². The molecule has 1 amide bonds. The van der Waals surface area contributed by atoms with E-state index in [1.165, 1.54) is 11.3 Å². The molecule has 0 aromatic carbocycles. The first-order valence-corrected chi connectivity index (χ1v) is 14.4. The number of aromatic carboxylic acids is 1. The number of rotatable bonds is 6. The molecule has 3 aliphatic rings. The Morgan fingerprint density at radius 1 is 1.06 bits per heavy atom. The van der Waals surface area contributed by atoms with Gasteiger partial charge in [0, 0.05) is 24.0 Å². The molecule has 0 unspecified atom stereocenters. The summed E-state index contributed by atoms with van der Waals surface area (Å²) in [6, 6.07) is 1.82. The van der Waals surface area contributed by atoms with Gasteiger partial charge in [0.1, 0.15) is 4.88 Å². The van der Waals surface area contributed by atoms with Crippen molar-refractivity contribution in [2.24, 2.45) is 17.3 Å². The number of amides is 1. The van der Waals surface area contributed by atoms with Gasteiger partial charge in [0.2, 0.25) is 5.91 Å². The molecule has 2 saturated carbocycles. The number of nitrogens with zero attached hydrogens (tertiary/aromatic N) is 1. The molecule has 198 valence electrons. The van der Waals surface area contributed by atoms with E-state index in [2.05, 4.69) is 18.8 Å². The molecule has 0 spiro atoms. The van der Waals surface area contributed by atoms with Crippen molar-refractivity contribution in [1.29, 1.82) is 0 Å². The molecule has 0 bridgehead atoms. The maximum absolute atomic E-state index is 14.0. The van der Waals surface area contributed by atoms with Crippen LogP contribution in [0.4, 0.5) is 5.69 Å². The lowest BCUT2D eigenvalue weighted by atomic mass is 9.81. The van der Waals surface area contributed by atoms with Crippen molar-refractivity contribution < 1.29 is 24.2 Å². The van der Waals surface area contributed by atoms with E-state index < -0.39 is 5.97 Å². The monoisotopic (exact) mass is 515 g/mol. The highest BCUT2D eigenvalue weighted by Gasteiger charge is 2.38. The molecule has 1 aromatic heterocycles. The van der Waals surface area contributed by atoms with Crippen molar-refractivity contribution in [3.63, 3.8) is 0 Å². The van der Waals surface area contributed by atoms with E-state index in [1.807, 2.05) is 31.7 Å². The lowest BCUT2D eigenvalue weighted by Gasteiger charge is -2.39. The highest BCUT2D eigenvalue weighted by molar-refractivity contribution is 7.15. The predicted molar refractivity (Wildman–Crippen MR) is 143 cm³/mol. The number of carboxylic acids is 1. The van der Waals surface area contributed by atoms with Crippen molar-refractivity contribution in [3.8, 4) is 11.8 Å². The fraction of sp³-hybridized carbons (Fsp3) is 0.724. The lowest BCUT2D eigenvalue weighted by Crippen LogP contribution is -2.47. The van der Waals surface area contributed by atoms with E-state index in [1.54, 1.807) is 0 Å². The van der Waals surface area contributed by atoms with Crippen LogP contribution in [-0.2, 0) is 14.3 Å². The van der Waals surface area contributed by atoms with Crippen LogP contribution in [0.1, 0.15) is 100 Å². The molecule has 3 fully saturated rings. The lowest BCUT2D eigenvalue weighted by molar-refractivity contribution is -0.124. The second-order valence-electron chi connectivity index (χ2n) is 11.8. The van der Waals surface area contributed by atoms with E-state index in [0.29, 0.717) is 23.1 Å². The average molecular weight is 516 g/mol. The Hall–Kier alpha value is -1.88. The Labute approximate surface area is 219 Å².